The minimum Gasteiger partial charge on any atom is -0.386 e. The number of nitrogens with two attached hydrogens (primary N) is 1. The van der Waals surface area contributed by atoms with Gasteiger partial charge in [0.1, 0.15) is 19.9 Å². The van der Waals surface area contributed by atoms with Crippen molar-refractivity contribution in [1.29, 1.82) is 0 Å². The molecule has 0 saturated heterocycles. The molecule has 2 aromatic rings. The molecule has 1 aromatic carbocycles. The molecule has 2 unspecified atom stereocenters. The quantitative estimate of drug-likeness (QED) is 0.523. The van der Waals surface area contributed by atoms with Crippen molar-refractivity contribution in [1.82, 2.24) is 0 Å². The van der Waals surface area contributed by atoms with E-state index in [0.717, 1.165) is 17.6 Å². The zero-order valence-electron chi connectivity index (χ0n) is 18.1. The monoisotopic (exact) mass is 455 g/mol. The topological polar surface area (TPSA) is 108 Å². The highest BCUT2D eigenvalue weighted by molar-refractivity contribution is 7.93. The van der Waals surface area contributed by atoms with Gasteiger partial charge in [0.05, 0.1) is 17.5 Å². The van der Waals surface area contributed by atoms with E-state index in [1.165, 1.54) is 18.2 Å². The van der Waals surface area contributed by atoms with Crippen molar-refractivity contribution < 1.29 is 18.8 Å². The fraction of sp³-hybridized carbons (Fsp3) is 0.476. The van der Waals surface area contributed by atoms with Gasteiger partial charge in [-0.3, -0.25) is 4.99 Å². The molecular weight excluding hydrogens is 425 g/mol. The van der Waals surface area contributed by atoms with E-state index in [1.54, 1.807) is 19.2 Å². The smallest absolute Gasteiger partial charge is 0.192 e. The summed E-state index contributed by atoms with van der Waals surface area (Å²) in [5, 5.41) is 27.9. The molecule has 1 aromatic heterocycles. The van der Waals surface area contributed by atoms with Crippen molar-refractivity contribution in [2.75, 3.05) is 0 Å². The Labute approximate surface area is 182 Å². The van der Waals surface area contributed by atoms with Gasteiger partial charge in [0.2, 0.25) is 0 Å². The molecule has 9 heteroatoms. The highest BCUT2D eigenvalue weighted by Crippen LogP contribution is 2.35. The van der Waals surface area contributed by atoms with Crippen LogP contribution >= 0.6 is 11.3 Å². The molecule has 4 N–H and O–H groups in total. The molecule has 0 bridgehead atoms. The number of thiophene rings is 1. The van der Waals surface area contributed by atoms with Gasteiger partial charge >= 0.3 is 0 Å². The van der Waals surface area contributed by atoms with Crippen LogP contribution in [0.5, 0.6) is 0 Å². The molecule has 166 valence electrons. The minimum absolute atomic E-state index is 0.0181. The van der Waals surface area contributed by atoms with E-state index in [1.807, 2.05) is 27.7 Å². The van der Waals surface area contributed by atoms with Gasteiger partial charge in [-0.15, -0.1) is 11.3 Å². The molecule has 0 aliphatic heterocycles. The Bertz CT molecular complexity index is 1020. The second kappa shape index (κ2) is 9.23. The molecule has 30 heavy (non-hydrogen) atoms. The van der Waals surface area contributed by atoms with Gasteiger partial charge in [-0.2, -0.15) is 4.36 Å². The molecule has 0 aliphatic rings. The van der Waals surface area contributed by atoms with E-state index >= 15 is 0 Å². The lowest BCUT2D eigenvalue weighted by Crippen LogP contribution is -2.17. The molecule has 0 spiro atoms. The Kier molecular flexibility index (Phi) is 7.58. The first-order chi connectivity index (χ1) is 13.7. The molecule has 2 rings (SSSR count). The third-order valence-corrected chi connectivity index (χ3v) is 7.50. The normalized spacial score (nSPS) is 15.7. The van der Waals surface area contributed by atoms with Crippen LogP contribution in [0.15, 0.2) is 37.1 Å². The minimum atomic E-state index is -3.38. The van der Waals surface area contributed by atoms with Gasteiger partial charge in [0.15, 0.2) is 6.23 Å². The maximum absolute atomic E-state index is 14.0. The fourth-order valence-corrected chi connectivity index (χ4v) is 5.24. The maximum atomic E-state index is 14.0. The van der Waals surface area contributed by atoms with Crippen LogP contribution in [0.2, 0.25) is 0 Å². The second-order valence-electron chi connectivity index (χ2n) is 8.32. The van der Waals surface area contributed by atoms with Gasteiger partial charge in [-0.25, -0.2) is 13.7 Å². The first-order valence-electron chi connectivity index (χ1n) is 9.63. The molecule has 0 fully saturated rings. The van der Waals surface area contributed by atoms with Crippen LogP contribution in [-0.2, 0) is 15.5 Å². The Morgan fingerprint density at radius 1 is 1.17 bits per heavy atom. The number of nitrogens with zero attached hydrogens (tertiary/aromatic N) is 2. The zero-order chi connectivity index (χ0) is 22.9. The maximum Gasteiger partial charge on any atom is 0.192 e. The summed E-state index contributed by atoms with van der Waals surface area (Å²) in [5.74, 6) is -0.300. The van der Waals surface area contributed by atoms with Crippen molar-refractivity contribution in [3.8, 4) is 0 Å². The summed E-state index contributed by atoms with van der Waals surface area (Å²) in [6, 6.07) is 4.39. The van der Waals surface area contributed by atoms with E-state index in [0.29, 0.717) is 22.4 Å². The number of rotatable bonds is 7. The number of hydrogen-bond acceptors (Lipinski definition) is 6. The van der Waals surface area contributed by atoms with Crippen LogP contribution in [0.4, 0.5) is 10.1 Å². The molecule has 0 radical (unpaired) electrons. The van der Waals surface area contributed by atoms with Crippen LogP contribution < -0.4 is 5.14 Å². The largest absolute Gasteiger partial charge is 0.386 e. The predicted octanol–water partition coefficient (Wildman–Crippen LogP) is 4.78. The molecular formula is C21H30FN3O3S2. The lowest BCUT2D eigenvalue weighted by atomic mass is 9.92. The molecule has 1 heterocycles. The molecule has 0 saturated carbocycles. The second-order valence-corrected chi connectivity index (χ2v) is 11.3. The molecule has 6 nitrogen and oxygen atoms in total. The Balaban J connectivity index is 2.41. The summed E-state index contributed by atoms with van der Waals surface area (Å²) in [5.41, 5.74) is 1.45. The first-order valence-corrected chi connectivity index (χ1v) is 12.1. The van der Waals surface area contributed by atoms with Crippen molar-refractivity contribution in [3.05, 3.63) is 46.1 Å². The third-order valence-electron chi connectivity index (χ3n) is 4.55. The predicted molar refractivity (Wildman–Crippen MR) is 121 cm³/mol. The van der Waals surface area contributed by atoms with Gasteiger partial charge < -0.3 is 10.2 Å². The van der Waals surface area contributed by atoms with Crippen LogP contribution in [0.25, 0.3) is 0 Å². The highest BCUT2D eigenvalue weighted by atomic mass is 32.2. The molecule has 0 aliphatic carbocycles. The van der Waals surface area contributed by atoms with Crippen LogP contribution in [-0.4, -0.2) is 26.9 Å². The van der Waals surface area contributed by atoms with Crippen LogP contribution in [0.3, 0.4) is 0 Å². The molecule has 2 atom stereocenters. The van der Waals surface area contributed by atoms with Crippen molar-refractivity contribution in [3.63, 3.8) is 0 Å². The van der Waals surface area contributed by atoms with Gasteiger partial charge in [0.25, 0.3) is 0 Å². The van der Waals surface area contributed by atoms with E-state index < -0.39 is 21.7 Å². The summed E-state index contributed by atoms with van der Waals surface area (Å²) in [4.78, 5) is 4.36. The SMILES string of the molecule is CC(C)c1cc(F)cc(C(C)C)c1/N=C/C(O)N=S(N)(=O)c1cc(C(C)(C)O)cs1. The number of aliphatic imine (C=N–C) groups is 1. The lowest BCUT2D eigenvalue weighted by Gasteiger charge is -2.17. The van der Waals surface area contributed by atoms with E-state index in [-0.39, 0.29) is 21.9 Å². The summed E-state index contributed by atoms with van der Waals surface area (Å²) in [6.07, 6.45) is -0.359. The highest BCUT2D eigenvalue weighted by Gasteiger charge is 2.21. The van der Waals surface area contributed by atoms with Crippen LogP contribution in [0.1, 0.15) is 70.1 Å². The molecule has 0 amide bonds. The van der Waals surface area contributed by atoms with E-state index in [2.05, 4.69) is 9.36 Å². The zero-order valence-corrected chi connectivity index (χ0v) is 19.7. The fourth-order valence-electron chi connectivity index (χ4n) is 2.84. The average molecular weight is 456 g/mol. The van der Waals surface area contributed by atoms with Gasteiger partial charge in [0, 0.05) is 0 Å². The Morgan fingerprint density at radius 3 is 2.13 bits per heavy atom. The summed E-state index contributed by atoms with van der Waals surface area (Å²) in [6.45, 7) is 10.9. The summed E-state index contributed by atoms with van der Waals surface area (Å²) >= 11 is 1.10. The number of benzene rings is 1. The Morgan fingerprint density at radius 2 is 1.70 bits per heavy atom. The van der Waals surface area contributed by atoms with Crippen molar-refractivity contribution in [2.24, 2.45) is 14.5 Å². The third kappa shape index (κ3) is 5.95. The van der Waals surface area contributed by atoms with Gasteiger partial charge in [-0.05, 0) is 66.0 Å². The van der Waals surface area contributed by atoms with Crippen LogP contribution in [0, 0.1) is 5.82 Å². The number of aliphatic hydroxyl groups excluding tert-OH is 1. The standard InChI is InChI=1S/C21H30FN3O3S2/c1-12(2)16-8-15(22)9-17(13(3)4)20(16)24-10-18(26)25-30(23,28)19-7-14(11-29-19)21(5,6)27/h7-13,18,26-27H,1-6H3,(H2,23,25,28)/b24-10+. The number of halogens is 1. The lowest BCUT2D eigenvalue weighted by molar-refractivity contribution is 0.0789. The van der Waals surface area contributed by atoms with E-state index in [4.69, 9.17) is 5.14 Å². The summed E-state index contributed by atoms with van der Waals surface area (Å²) in [7, 11) is -3.38. The first kappa shape index (κ1) is 24.6. The average Bonchev–Trinajstić information content (AvgIpc) is 3.10. The van der Waals surface area contributed by atoms with Crippen molar-refractivity contribution >= 4 is 33.2 Å². The Hall–Kier alpha value is -1.65. The summed E-state index contributed by atoms with van der Waals surface area (Å²) < 4.78 is 30.9. The number of hydrogen-bond donors (Lipinski definition) is 3. The van der Waals surface area contributed by atoms with Gasteiger partial charge in [-0.1, -0.05) is 27.7 Å². The van der Waals surface area contributed by atoms with E-state index in [9.17, 15) is 18.8 Å². The number of aliphatic hydroxyl groups is 2. The van der Waals surface area contributed by atoms with Crippen molar-refractivity contribution in [2.45, 2.75) is 69.4 Å².